The fourth-order valence-electron chi connectivity index (χ4n) is 1.53. The fourth-order valence-corrected chi connectivity index (χ4v) is 1.71. The van der Waals surface area contributed by atoms with Gasteiger partial charge in [-0.3, -0.25) is 10.1 Å². The molecule has 1 heterocycles. The van der Waals surface area contributed by atoms with Crippen LogP contribution in [0.15, 0.2) is 22.7 Å². The van der Waals surface area contributed by atoms with Crippen molar-refractivity contribution >= 4 is 17.3 Å². The van der Waals surface area contributed by atoms with Crippen LogP contribution >= 0.6 is 11.6 Å². The summed E-state index contributed by atoms with van der Waals surface area (Å²) in [6.07, 6.45) is 0. The molecule has 1 aromatic heterocycles. The molecule has 0 atom stereocenters. The van der Waals surface area contributed by atoms with Crippen molar-refractivity contribution in [3.63, 3.8) is 0 Å². The molecule has 2 rings (SSSR count). The average Bonchev–Trinajstić information content (AvgIpc) is 2.77. The predicted molar refractivity (Wildman–Crippen MR) is 67.7 cm³/mol. The Labute approximate surface area is 113 Å². The van der Waals surface area contributed by atoms with Crippen molar-refractivity contribution in [3.05, 3.63) is 50.6 Å². The molecule has 0 saturated carbocycles. The molecule has 19 heavy (non-hydrogen) atoms. The summed E-state index contributed by atoms with van der Waals surface area (Å²) in [5, 5.41) is 17.8. The predicted octanol–water partition coefficient (Wildman–Crippen LogP) is 2.23. The van der Waals surface area contributed by atoms with Crippen LogP contribution in [0.1, 0.15) is 17.3 Å². The molecule has 0 aliphatic rings. The highest BCUT2D eigenvalue weighted by Crippen LogP contribution is 2.21. The highest BCUT2D eigenvalue weighted by Gasteiger charge is 2.10. The Morgan fingerprint density at radius 1 is 1.47 bits per heavy atom. The number of nitro groups is 1. The number of nitro benzene ring substituents is 1. The van der Waals surface area contributed by atoms with Gasteiger partial charge in [-0.25, -0.2) is 0 Å². The molecule has 100 valence electrons. The van der Waals surface area contributed by atoms with Crippen molar-refractivity contribution in [3.8, 4) is 0 Å². The van der Waals surface area contributed by atoms with Crippen molar-refractivity contribution < 1.29 is 9.45 Å². The number of aromatic nitrogens is 2. The Bertz CT molecular complexity index is 599. The van der Waals surface area contributed by atoms with Gasteiger partial charge in [0, 0.05) is 23.7 Å². The Hall–Kier alpha value is -1.99. The van der Waals surface area contributed by atoms with Gasteiger partial charge >= 0.3 is 0 Å². The molecular weight excluding hydrogens is 272 g/mol. The molecule has 2 aromatic rings. The first-order valence-corrected chi connectivity index (χ1v) is 5.87. The summed E-state index contributed by atoms with van der Waals surface area (Å²) in [5.41, 5.74) is 0.655. The van der Waals surface area contributed by atoms with E-state index in [1.54, 1.807) is 6.92 Å². The molecule has 0 fully saturated rings. The van der Waals surface area contributed by atoms with Crippen LogP contribution in [0, 0.1) is 17.0 Å². The molecule has 7 nitrogen and oxygen atoms in total. The van der Waals surface area contributed by atoms with Crippen LogP contribution in [-0.4, -0.2) is 15.1 Å². The third-order valence-electron chi connectivity index (χ3n) is 2.40. The first-order chi connectivity index (χ1) is 9.06. The summed E-state index contributed by atoms with van der Waals surface area (Å²) < 4.78 is 4.93. The van der Waals surface area contributed by atoms with Crippen molar-refractivity contribution in [2.45, 2.75) is 20.0 Å². The molecule has 0 radical (unpaired) electrons. The summed E-state index contributed by atoms with van der Waals surface area (Å²) in [5.74, 6) is 1.02. The van der Waals surface area contributed by atoms with E-state index in [0.29, 0.717) is 35.4 Å². The number of hydrogen-bond donors (Lipinski definition) is 1. The lowest BCUT2D eigenvalue weighted by atomic mass is 10.2. The maximum absolute atomic E-state index is 10.7. The van der Waals surface area contributed by atoms with Gasteiger partial charge in [0.2, 0.25) is 5.89 Å². The largest absolute Gasteiger partial charge is 0.338 e. The maximum Gasteiger partial charge on any atom is 0.269 e. The zero-order valence-corrected chi connectivity index (χ0v) is 10.8. The Kier molecular flexibility index (Phi) is 4.08. The molecule has 8 heteroatoms. The number of nitrogens with zero attached hydrogens (tertiary/aromatic N) is 3. The third kappa shape index (κ3) is 3.49. The van der Waals surface area contributed by atoms with Crippen LogP contribution < -0.4 is 5.32 Å². The van der Waals surface area contributed by atoms with E-state index in [0.717, 1.165) is 0 Å². The van der Waals surface area contributed by atoms with Gasteiger partial charge in [0.05, 0.1) is 11.5 Å². The van der Waals surface area contributed by atoms with Crippen LogP contribution in [0.25, 0.3) is 0 Å². The number of nitrogens with one attached hydrogen (secondary N) is 1. The van der Waals surface area contributed by atoms with Gasteiger partial charge in [-0.05, 0) is 18.6 Å². The quantitative estimate of drug-likeness (QED) is 0.667. The first-order valence-electron chi connectivity index (χ1n) is 5.49. The van der Waals surface area contributed by atoms with E-state index in [1.807, 2.05) is 0 Å². The van der Waals surface area contributed by atoms with Gasteiger partial charge in [-0.2, -0.15) is 4.98 Å². The molecule has 0 spiro atoms. The molecule has 0 bridgehead atoms. The van der Waals surface area contributed by atoms with Crippen LogP contribution in [0.5, 0.6) is 0 Å². The zero-order valence-electron chi connectivity index (χ0n) is 10.1. The normalized spacial score (nSPS) is 10.6. The number of halogens is 1. The van der Waals surface area contributed by atoms with E-state index < -0.39 is 4.92 Å². The van der Waals surface area contributed by atoms with Crippen molar-refractivity contribution in [1.82, 2.24) is 15.5 Å². The monoisotopic (exact) mass is 282 g/mol. The lowest BCUT2D eigenvalue weighted by Crippen LogP contribution is -2.13. The summed E-state index contributed by atoms with van der Waals surface area (Å²) in [6.45, 7) is 2.48. The van der Waals surface area contributed by atoms with Crippen LogP contribution in [0.2, 0.25) is 5.02 Å². The fraction of sp³-hybridized carbons (Fsp3) is 0.273. The molecule has 1 aromatic carbocycles. The molecule has 0 aliphatic carbocycles. The second-order valence-electron chi connectivity index (χ2n) is 3.87. The molecule has 0 aliphatic heterocycles. The minimum atomic E-state index is -0.457. The zero-order chi connectivity index (χ0) is 13.8. The van der Waals surface area contributed by atoms with Crippen LogP contribution in [0.4, 0.5) is 5.69 Å². The van der Waals surface area contributed by atoms with Crippen LogP contribution in [0.3, 0.4) is 0 Å². The number of rotatable bonds is 5. The summed E-state index contributed by atoms with van der Waals surface area (Å²) in [4.78, 5) is 14.2. The minimum absolute atomic E-state index is 0.00911. The highest BCUT2D eigenvalue weighted by atomic mass is 35.5. The SMILES string of the molecule is Cc1noc(CNCc2cc([N+](=O)[O-])ccc2Cl)n1. The topological polar surface area (TPSA) is 94.1 Å². The van der Waals surface area contributed by atoms with Gasteiger partial charge in [-0.15, -0.1) is 0 Å². The Balaban J connectivity index is 1.99. The van der Waals surface area contributed by atoms with Crippen molar-refractivity contribution in [1.29, 1.82) is 0 Å². The second kappa shape index (κ2) is 5.77. The number of hydrogen-bond acceptors (Lipinski definition) is 6. The molecule has 0 saturated heterocycles. The standard InChI is InChI=1S/C11H11ClN4O3/c1-7-14-11(19-15-7)6-13-5-8-4-9(16(17)18)2-3-10(8)12/h2-4,13H,5-6H2,1H3. The van der Waals surface area contributed by atoms with Gasteiger partial charge < -0.3 is 9.84 Å². The van der Waals surface area contributed by atoms with E-state index in [-0.39, 0.29) is 5.69 Å². The number of benzene rings is 1. The van der Waals surface area contributed by atoms with Gasteiger partial charge in [0.15, 0.2) is 5.82 Å². The van der Waals surface area contributed by atoms with Crippen molar-refractivity contribution in [2.24, 2.45) is 0 Å². The van der Waals surface area contributed by atoms with E-state index >= 15 is 0 Å². The highest BCUT2D eigenvalue weighted by molar-refractivity contribution is 6.31. The summed E-state index contributed by atoms with van der Waals surface area (Å²) in [6, 6.07) is 4.31. The molecule has 0 unspecified atom stereocenters. The summed E-state index contributed by atoms with van der Waals surface area (Å²) >= 11 is 5.97. The van der Waals surface area contributed by atoms with E-state index in [4.69, 9.17) is 16.1 Å². The molecule has 0 amide bonds. The number of non-ortho nitro benzene ring substituents is 1. The molecular formula is C11H11ClN4O3. The molecule has 1 N–H and O–H groups in total. The van der Waals surface area contributed by atoms with Gasteiger partial charge in [0.25, 0.3) is 5.69 Å². The third-order valence-corrected chi connectivity index (χ3v) is 2.77. The Morgan fingerprint density at radius 2 is 2.26 bits per heavy atom. The van der Waals surface area contributed by atoms with Gasteiger partial charge in [-0.1, -0.05) is 16.8 Å². The summed E-state index contributed by atoms with van der Waals surface area (Å²) in [7, 11) is 0. The van der Waals surface area contributed by atoms with E-state index in [2.05, 4.69) is 15.5 Å². The lowest BCUT2D eigenvalue weighted by Gasteiger charge is -2.04. The van der Waals surface area contributed by atoms with E-state index in [1.165, 1.54) is 18.2 Å². The van der Waals surface area contributed by atoms with Crippen LogP contribution in [-0.2, 0) is 13.1 Å². The Morgan fingerprint density at radius 3 is 2.89 bits per heavy atom. The maximum atomic E-state index is 10.7. The lowest BCUT2D eigenvalue weighted by molar-refractivity contribution is -0.384. The smallest absolute Gasteiger partial charge is 0.269 e. The minimum Gasteiger partial charge on any atom is -0.338 e. The second-order valence-corrected chi connectivity index (χ2v) is 4.28. The van der Waals surface area contributed by atoms with Gasteiger partial charge in [0.1, 0.15) is 0 Å². The first kappa shape index (κ1) is 13.4. The number of aryl methyl sites for hydroxylation is 1. The van der Waals surface area contributed by atoms with E-state index in [9.17, 15) is 10.1 Å². The average molecular weight is 283 g/mol. The van der Waals surface area contributed by atoms with Crippen molar-refractivity contribution in [2.75, 3.05) is 0 Å².